The fourth-order valence-corrected chi connectivity index (χ4v) is 1.08. The van der Waals surface area contributed by atoms with Crippen LogP contribution < -0.4 is 0 Å². The minimum Gasteiger partial charge on any atom is -0.464 e. The number of thioether (sulfide) groups is 1. The van der Waals surface area contributed by atoms with Crippen LogP contribution in [0.4, 0.5) is 0 Å². The molecule has 0 aliphatic rings. The second kappa shape index (κ2) is 6.98. The summed E-state index contributed by atoms with van der Waals surface area (Å²) in [5.41, 5.74) is 0. The van der Waals surface area contributed by atoms with E-state index in [4.69, 9.17) is 4.74 Å². The Bertz CT molecular complexity index is 117. The van der Waals surface area contributed by atoms with E-state index in [1.54, 1.807) is 18.7 Å². The SMILES string of the molecule is CCSCCOC(=O)C(C)Br. The van der Waals surface area contributed by atoms with Crippen LogP contribution in [0.1, 0.15) is 13.8 Å². The molecular formula is C7H13BrO2S. The summed E-state index contributed by atoms with van der Waals surface area (Å²) >= 11 is 4.90. The van der Waals surface area contributed by atoms with Crippen molar-refractivity contribution >= 4 is 33.7 Å². The molecule has 66 valence electrons. The van der Waals surface area contributed by atoms with Gasteiger partial charge in [0.15, 0.2) is 0 Å². The maximum absolute atomic E-state index is 10.8. The highest BCUT2D eigenvalue weighted by atomic mass is 79.9. The van der Waals surface area contributed by atoms with Crippen molar-refractivity contribution < 1.29 is 9.53 Å². The Labute approximate surface area is 80.2 Å². The standard InChI is InChI=1S/C7H13BrO2S/c1-3-11-5-4-10-7(9)6(2)8/h6H,3-5H2,1-2H3. The van der Waals surface area contributed by atoms with Gasteiger partial charge < -0.3 is 4.74 Å². The average molecular weight is 241 g/mol. The smallest absolute Gasteiger partial charge is 0.319 e. The Morgan fingerprint density at radius 3 is 2.82 bits per heavy atom. The highest BCUT2D eigenvalue weighted by molar-refractivity contribution is 9.10. The van der Waals surface area contributed by atoms with E-state index in [1.165, 1.54) is 0 Å². The Hall–Kier alpha value is 0.300. The maximum atomic E-state index is 10.8. The zero-order valence-corrected chi connectivity index (χ0v) is 9.20. The normalized spacial score (nSPS) is 12.6. The zero-order chi connectivity index (χ0) is 8.69. The number of hydrogen-bond acceptors (Lipinski definition) is 3. The quantitative estimate of drug-likeness (QED) is 0.418. The van der Waals surface area contributed by atoms with Crippen molar-refractivity contribution in [3.05, 3.63) is 0 Å². The van der Waals surface area contributed by atoms with E-state index in [0.29, 0.717) is 6.61 Å². The molecule has 1 unspecified atom stereocenters. The van der Waals surface area contributed by atoms with Crippen molar-refractivity contribution in [3.63, 3.8) is 0 Å². The van der Waals surface area contributed by atoms with Gasteiger partial charge >= 0.3 is 5.97 Å². The summed E-state index contributed by atoms with van der Waals surface area (Å²) in [5, 5.41) is 0. The highest BCUT2D eigenvalue weighted by Gasteiger charge is 2.08. The molecule has 0 rings (SSSR count). The molecule has 2 nitrogen and oxygen atoms in total. The van der Waals surface area contributed by atoms with Crippen LogP contribution in [0.15, 0.2) is 0 Å². The molecule has 0 fully saturated rings. The van der Waals surface area contributed by atoms with Gasteiger partial charge in [0, 0.05) is 5.75 Å². The number of esters is 1. The van der Waals surface area contributed by atoms with Crippen LogP contribution in [0.25, 0.3) is 0 Å². The largest absolute Gasteiger partial charge is 0.464 e. The van der Waals surface area contributed by atoms with Crippen molar-refractivity contribution in [2.75, 3.05) is 18.1 Å². The highest BCUT2D eigenvalue weighted by Crippen LogP contribution is 2.02. The molecule has 0 aromatic rings. The molecule has 0 saturated carbocycles. The first-order valence-electron chi connectivity index (χ1n) is 3.57. The van der Waals surface area contributed by atoms with Gasteiger partial charge in [-0.2, -0.15) is 11.8 Å². The molecule has 0 aromatic carbocycles. The number of carbonyl (C=O) groups excluding carboxylic acids is 1. The summed E-state index contributed by atoms with van der Waals surface area (Å²) in [4.78, 5) is 10.6. The topological polar surface area (TPSA) is 26.3 Å². The van der Waals surface area contributed by atoms with Crippen LogP contribution in [0.3, 0.4) is 0 Å². The third-order valence-electron chi connectivity index (χ3n) is 1.00. The predicted molar refractivity (Wildman–Crippen MR) is 52.3 cm³/mol. The first-order chi connectivity index (χ1) is 5.18. The Morgan fingerprint density at radius 1 is 1.73 bits per heavy atom. The van der Waals surface area contributed by atoms with Gasteiger partial charge in [-0.3, -0.25) is 4.79 Å². The summed E-state index contributed by atoms with van der Waals surface area (Å²) in [6.07, 6.45) is 0. The van der Waals surface area contributed by atoms with E-state index in [0.717, 1.165) is 11.5 Å². The first kappa shape index (κ1) is 11.3. The molecule has 0 spiro atoms. The van der Waals surface area contributed by atoms with E-state index in [9.17, 15) is 4.79 Å². The molecule has 4 heteroatoms. The number of hydrogen-bond donors (Lipinski definition) is 0. The lowest BCUT2D eigenvalue weighted by atomic mass is 10.5. The maximum Gasteiger partial charge on any atom is 0.319 e. The molecule has 0 amide bonds. The van der Waals surface area contributed by atoms with E-state index in [2.05, 4.69) is 22.9 Å². The third-order valence-corrected chi connectivity index (χ3v) is 2.24. The van der Waals surface area contributed by atoms with Crippen LogP contribution in [0.2, 0.25) is 0 Å². The summed E-state index contributed by atoms with van der Waals surface area (Å²) in [5.74, 6) is 1.78. The van der Waals surface area contributed by atoms with E-state index >= 15 is 0 Å². The van der Waals surface area contributed by atoms with Gasteiger partial charge in [0.1, 0.15) is 11.4 Å². The van der Waals surface area contributed by atoms with Crippen LogP contribution in [0, 0.1) is 0 Å². The molecule has 0 aliphatic carbocycles. The molecule has 0 saturated heterocycles. The van der Waals surface area contributed by atoms with Crippen molar-refractivity contribution in [2.24, 2.45) is 0 Å². The zero-order valence-electron chi connectivity index (χ0n) is 6.80. The van der Waals surface area contributed by atoms with Crippen molar-refractivity contribution in [3.8, 4) is 0 Å². The number of ether oxygens (including phenoxy) is 1. The van der Waals surface area contributed by atoms with Gasteiger partial charge in [-0.05, 0) is 12.7 Å². The number of alkyl halides is 1. The van der Waals surface area contributed by atoms with E-state index in [1.807, 2.05) is 0 Å². The molecule has 0 bridgehead atoms. The average Bonchev–Trinajstić information content (AvgIpc) is 1.97. The molecule has 0 aromatic heterocycles. The molecule has 1 atom stereocenters. The monoisotopic (exact) mass is 240 g/mol. The lowest BCUT2D eigenvalue weighted by Gasteiger charge is -2.04. The van der Waals surface area contributed by atoms with Crippen LogP contribution in [-0.4, -0.2) is 28.9 Å². The fourth-order valence-electron chi connectivity index (χ4n) is 0.460. The molecular weight excluding hydrogens is 228 g/mol. The van der Waals surface area contributed by atoms with Gasteiger partial charge in [0.2, 0.25) is 0 Å². The summed E-state index contributed by atoms with van der Waals surface area (Å²) in [6.45, 7) is 4.36. The third kappa shape index (κ3) is 6.69. The van der Waals surface area contributed by atoms with Crippen molar-refractivity contribution in [1.82, 2.24) is 0 Å². The number of halogens is 1. The predicted octanol–water partition coefficient (Wildman–Crippen LogP) is 2.07. The van der Waals surface area contributed by atoms with E-state index < -0.39 is 0 Å². The van der Waals surface area contributed by atoms with E-state index in [-0.39, 0.29) is 10.8 Å². The molecule has 0 heterocycles. The molecule has 0 N–H and O–H groups in total. The van der Waals surface area contributed by atoms with Crippen LogP contribution in [-0.2, 0) is 9.53 Å². The lowest BCUT2D eigenvalue weighted by molar-refractivity contribution is -0.141. The fraction of sp³-hybridized carbons (Fsp3) is 0.857. The number of carbonyl (C=O) groups is 1. The Balaban J connectivity index is 3.18. The Morgan fingerprint density at radius 2 is 2.36 bits per heavy atom. The second-order valence-electron chi connectivity index (χ2n) is 1.98. The van der Waals surface area contributed by atoms with Gasteiger partial charge in [-0.15, -0.1) is 0 Å². The lowest BCUT2D eigenvalue weighted by Crippen LogP contribution is -2.15. The Kier molecular flexibility index (Phi) is 7.17. The summed E-state index contributed by atoms with van der Waals surface area (Å²) in [7, 11) is 0. The van der Waals surface area contributed by atoms with Gasteiger partial charge in [0.05, 0.1) is 0 Å². The van der Waals surface area contributed by atoms with Crippen molar-refractivity contribution in [1.29, 1.82) is 0 Å². The first-order valence-corrected chi connectivity index (χ1v) is 5.64. The number of rotatable bonds is 5. The van der Waals surface area contributed by atoms with Crippen LogP contribution in [0.5, 0.6) is 0 Å². The molecule has 11 heavy (non-hydrogen) atoms. The van der Waals surface area contributed by atoms with Gasteiger partial charge in [-0.1, -0.05) is 22.9 Å². The molecule has 0 aliphatic heterocycles. The summed E-state index contributed by atoms with van der Waals surface area (Å²) < 4.78 is 4.90. The summed E-state index contributed by atoms with van der Waals surface area (Å²) in [6, 6.07) is 0. The molecule has 0 radical (unpaired) electrons. The minimum atomic E-state index is -0.186. The minimum absolute atomic E-state index is 0.179. The van der Waals surface area contributed by atoms with Gasteiger partial charge in [0.25, 0.3) is 0 Å². The van der Waals surface area contributed by atoms with Gasteiger partial charge in [-0.25, -0.2) is 0 Å². The second-order valence-corrected chi connectivity index (χ2v) is 4.75. The van der Waals surface area contributed by atoms with Crippen molar-refractivity contribution in [2.45, 2.75) is 18.7 Å². The van der Waals surface area contributed by atoms with Crippen LogP contribution >= 0.6 is 27.7 Å².